The molecule has 3 rings (SSSR count). The zero-order valence-electron chi connectivity index (χ0n) is 12.8. The average Bonchev–Trinajstić information content (AvgIpc) is 2.80. The van der Waals surface area contributed by atoms with Crippen LogP contribution in [0.4, 0.5) is 0 Å². The second kappa shape index (κ2) is 5.36. The van der Waals surface area contributed by atoms with Gasteiger partial charge in [-0.05, 0) is 49.9 Å². The molecule has 0 unspecified atom stereocenters. The third-order valence-electron chi connectivity index (χ3n) is 4.25. The average molecular weight is 280 g/mol. The summed E-state index contributed by atoms with van der Waals surface area (Å²) in [5.74, 6) is 1.09. The Kier molecular flexibility index (Phi) is 3.54. The highest BCUT2D eigenvalue weighted by Gasteiger charge is 2.22. The molecule has 0 heterocycles. The third-order valence-corrected chi connectivity index (χ3v) is 4.25. The van der Waals surface area contributed by atoms with Crippen LogP contribution in [0.3, 0.4) is 0 Å². The Balaban J connectivity index is 1.85. The van der Waals surface area contributed by atoms with Gasteiger partial charge in [0.05, 0.1) is 0 Å². The summed E-state index contributed by atoms with van der Waals surface area (Å²) in [6.07, 6.45) is 1.41. The number of carbonyl (C=O) groups is 1. The number of Topliss-reactive ketones (excluding diaryl/α,β-unsaturated/α-hetero) is 1. The van der Waals surface area contributed by atoms with Crippen molar-refractivity contribution in [1.82, 2.24) is 0 Å². The summed E-state index contributed by atoms with van der Waals surface area (Å²) in [5.41, 5.74) is 6.95. The van der Waals surface area contributed by atoms with Crippen molar-refractivity contribution in [3.8, 4) is 5.75 Å². The van der Waals surface area contributed by atoms with Gasteiger partial charge in [0, 0.05) is 17.5 Å². The highest BCUT2D eigenvalue weighted by Crippen LogP contribution is 2.31. The molecule has 0 aromatic heterocycles. The molecule has 0 fully saturated rings. The van der Waals surface area contributed by atoms with Gasteiger partial charge >= 0.3 is 0 Å². The molecule has 2 nitrogen and oxygen atoms in total. The van der Waals surface area contributed by atoms with Crippen LogP contribution < -0.4 is 4.74 Å². The number of hydrogen-bond acceptors (Lipinski definition) is 2. The second-order valence-electron chi connectivity index (χ2n) is 5.87. The maximum atomic E-state index is 11.8. The van der Waals surface area contributed by atoms with Gasteiger partial charge in [0.15, 0.2) is 5.78 Å². The van der Waals surface area contributed by atoms with Crippen LogP contribution in [-0.4, -0.2) is 5.78 Å². The van der Waals surface area contributed by atoms with Gasteiger partial charge in [-0.1, -0.05) is 29.8 Å². The molecule has 0 N–H and O–H groups in total. The lowest BCUT2D eigenvalue weighted by atomic mass is 10.0. The molecule has 0 spiro atoms. The van der Waals surface area contributed by atoms with E-state index in [1.807, 2.05) is 18.2 Å². The van der Waals surface area contributed by atoms with E-state index in [-0.39, 0.29) is 5.78 Å². The van der Waals surface area contributed by atoms with Crippen LogP contribution >= 0.6 is 0 Å². The fourth-order valence-electron chi connectivity index (χ4n) is 3.18. The molecule has 0 atom stereocenters. The van der Waals surface area contributed by atoms with Crippen LogP contribution in [0.5, 0.6) is 5.75 Å². The van der Waals surface area contributed by atoms with Crippen LogP contribution in [-0.2, 0) is 13.0 Å². The smallest absolute Gasteiger partial charge is 0.163 e. The molecule has 0 radical (unpaired) electrons. The standard InChI is InChI=1S/C19H20O2/c1-12-9-13(2)17(14(3)10-12)11-21-19-6-4-5-15-16(19)7-8-18(15)20/h4-6,9-10H,7-8,11H2,1-3H3. The molecule has 108 valence electrons. The van der Waals surface area contributed by atoms with E-state index in [1.165, 1.54) is 22.3 Å². The summed E-state index contributed by atoms with van der Waals surface area (Å²) < 4.78 is 6.03. The minimum Gasteiger partial charge on any atom is -0.489 e. The predicted octanol–water partition coefficient (Wildman–Crippen LogP) is 4.32. The molecule has 2 aromatic carbocycles. The van der Waals surface area contributed by atoms with Gasteiger partial charge in [-0.25, -0.2) is 0 Å². The Hall–Kier alpha value is -2.09. The zero-order valence-corrected chi connectivity index (χ0v) is 12.8. The second-order valence-corrected chi connectivity index (χ2v) is 5.87. The molecule has 0 amide bonds. The fourth-order valence-corrected chi connectivity index (χ4v) is 3.18. The van der Waals surface area contributed by atoms with E-state index in [0.717, 1.165) is 23.3 Å². The van der Waals surface area contributed by atoms with E-state index in [2.05, 4.69) is 32.9 Å². The number of fused-ring (bicyclic) bond motifs is 1. The van der Waals surface area contributed by atoms with E-state index >= 15 is 0 Å². The van der Waals surface area contributed by atoms with E-state index in [4.69, 9.17) is 4.74 Å². The lowest BCUT2D eigenvalue weighted by Crippen LogP contribution is -2.03. The lowest BCUT2D eigenvalue weighted by Gasteiger charge is -2.14. The summed E-state index contributed by atoms with van der Waals surface area (Å²) >= 11 is 0. The van der Waals surface area contributed by atoms with Crippen molar-refractivity contribution in [3.63, 3.8) is 0 Å². The first-order valence-electron chi connectivity index (χ1n) is 7.41. The Morgan fingerprint density at radius 2 is 1.76 bits per heavy atom. The SMILES string of the molecule is Cc1cc(C)c(COc2cccc3c2CCC3=O)c(C)c1. The summed E-state index contributed by atoms with van der Waals surface area (Å²) in [5, 5.41) is 0. The van der Waals surface area contributed by atoms with Crippen LogP contribution in [0, 0.1) is 20.8 Å². The van der Waals surface area contributed by atoms with Crippen molar-refractivity contribution < 1.29 is 9.53 Å². The van der Waals surface area contributed by atoms with Crippen LogP contribution in [0.1, 0.15) is 44.6 Å². The topological polar surface area (TPSA) is 26.3 Å². The maximum Gasteiger partial charge on any atom is 0.163 e. The number of rotatable bonds is 3. The molecular formula is C19H20O2. The van der Waals surface area contributed by atoms with Gasteiger partial charge in [0.2, 0.25) is 0 Å². The monoisotopic (exact) mass is 280 g/mol. The van der Waals surface area contributed by atoms with Gasteiger partial charge < -0.3 is 4.74 Å². The molecule has 0 saturated heterocycles. The Morgan fingerprint density at radius 1 is 1.05 bits per heavy atom. The first-order valence-corrected chi connectivity index (χ1v) is 7.41. The number of hydrogen-bond donors (Lipinski definition) is 0. The summed E-state index contributed by atoms with van der Waals surface area (Å²) in [6, 6.07) is 10.2. The molecule has 2 aromatic rings. The van der Waals surface area contributed by atoms with Crippen molar-refractivity contribution >= 4 is 5.78 Å². The Bertz CT molecular complexity index is 690. The molecule has 2 heteroatoms. The van der Waals surface area contributed by atoms with E-state index < -0.39 is 0 Å². The minimum absolute atomic E-state index is 0.234. The van der Waals surface area contributed by atoms with Crippen molar-refractivity contribution in [2.45, 2.75) is 40.2 Å². The van der Waals surface area contributed by atoms with Gasteiger partial charge in [-0.3, -0.25) is 4.79 Å². The van der Waals surface area contributed by atoms with Crippen LogP contribution in [0.2, 0.25) is 0 Å². The molecule has 1 aliphatic carbocycles. The number of aryl methyl sites for hydroxylation is 3. The van der Waals surface area contributed by atoms with E-state index in [1.54, 1.807) is 0 Å². The minimum atomic E-state index is 0.234. The number of ketones is 1. The van der Waals surface area contributed by atoms with Gasteiger partial charge in [-0.2, -0.15) is 0 Å². The number of ether oxygens (including phenoxy) is 1. The number of benzene rings is 2. The maximum absolute atomic E-state index is 11.8. The predicted molar refractivity (Wildman–Crippen MR) is 84.1 cm³/mol. The highest BCUT2D eigenvalue weighted by atomic mass is 16.5. The normalized spacial score (nSPS) is 13.4. The largest absolute Gasteiger partial charge is 0.489 e. The van der Waals surface area contributed by atoms with E-state index in [0.29, 0.717) is 13.0 Å². The van der Waals surface area contributed by atoms with Crippen molar-refractivity contribution in [2.75, 3.05) is 0 Å². The molecule has 1 aliphatic rings. The van der Waals surface area contributed by atoms with Crippen molar-refractivity contribution in [1.29, 1.82) is 0 Å². The van der Waals surface area contributed by atoms with Gasteiger partial charge in [0.1, 0.15) is 12.4 Å². The first-order chi connectivity index (χ1) is 10.1. The quantitative estimate of drug-likeness (QED) is 0.837. The molecule has 21 heavy (non-hydrogen) atoms. The van der Waals surface area contributed by atoms with Crippen LogP contribution in [0.25, 0.3) is 0 Å². The summed E-state index contributed by atoms with van der Waals surface area (Å²) in [6.45, 7) is 6.91. The fraction of sp³-hybridized carbons (Fsp3) is 0.316. The summed E-state index contributed by atoms with van der Waals surface area (Å²) in [4.78, 5) is 11.8. The van der Waals surface area contributed by atoms with Gasteiger partial charge in [0.25, 0.3) is 0 Å². The molecular weight excluding hydrogens is 260 g/mol. The van der Waals surface area contributed by atoms with Crippen molar-refractivity contribution in [3.05, 3.63) is 63.7 Å². The lowest BCUT2D eigenvalue weighted by molar-refractivity contribution is 0.0994. The molecule has 0 saturated carbocycles. The van der Waals surface area contributed by atoms with Crippen LogP contribution in [0.15, 0.2) is 30.3 Å². The molecule has 0 aliphatic heterocycles. The van der Waals surface area contributed by atoms with E-state index in [9.17, 15) is 4.79 Å². The Morgan fingerprint density at radius 3 is 2.48 bits per heavy atom. The zero-order chi connectivity index (χ0) is 15.0. The van der Waals surface area contributed by atoms with Gasteiger partial charge in [-0.15, -0.1) is 0 Å². The number of carbonyl (C=O) groups excluding carboxylic acids is 1. The highest BCUT2D eigenvalue weighted by molar-refractivity contribution is 6.01. The first kappa shape index (κ1) is 13.9. The third kappa shape index (κ3) is 2.58. The molecule has 0 bridgehead atoms. The van der Waals surface area contributed by atoms with Crippen molar-refractivity contribution in [2.24, 2.45) is 0 Å². The Labute approximate surface area is 125 Å². The summed E-state index contributed by atoms with van der Waals surface area (Å²) in [7, 11) is 0.